The summed E-state index contributed by atoms with van der Waals surface area (Å²) in [6, 6.07) is 2.62. The smallest absolute Gasteiger partial charge is 0.194 e. The van der Waals surface area contributed by atoms with Gasteiger partial charge in [0.25, 0.3) is 0 Å². The Labute approximate surface area is 105 Å². The summed E-state index contributed by atoms with van der Waals surface area (Å²) in [5.74, 6) is -3.71. The largest absolute Gasteiger partial charge is 0.310 e. The van der Waals surface area contributed by atoms with Crippen LogP contribution in [0.15, 0.2) is 17.7 Å². The third-order valence-electron chi connectivity index (χ3n) is 3.03. The SMILES string of the molecule is CCC(=Cc1cc(F)c(F)c(F)c1)CNC1CC1. The van der Waals surface area contributed by atoms with Gasteiger partial charge in [0, 0.05) is 12.6 Å². The normalized spacial score (nSPS) is 16.1. The number of hydrogen-bond donors (Lipinski definition) is 1. The molecule has 0 unspecified atom stereocenters. The van der Waals surface area contributed by atoms with Crippen molar-refractivity contribution >= 4 is 6.08 Å². The summed E-state index contributed by atoms with van der Waals surface area (Å²) in [5.41, 5.74) is 1.41. The van der Waals surface area contributed by atoms with Crippen molar-refractivity contribution in [2.45, 2.75) is 32.2 Å². The Morgan fingerprint density at radius 1 is 1.28 bits per heavy atom. The molecule has 0 radical (unpaired) electrons. The molecule has 98 valence electrons. The van der Waals surface area contributed by atoms with Crippen molar-refractivity contribution in [1.29, 1.82) is 0 Å². The summed E-state index contributed by atoms with van der Waals surface area (Å²) in [5, 5.41) is 3.34. The van der Waals surface area contributed by atoms with Crippen LogP contribution >= 0.6 is 0 Å². The minimum absolute atomic E-state index is 0.362. The van der Waals surface area contributed by atoms with Crippen LogP contribution in [0.4, 0.5) is 13.2 Å². The Balaban J connectivity index is 2.12. The van der Waals surface area contributed by atoms with Crippen LogP contribution in [0.5, 0.6) is 0 Å². The van der Waals surface area contributed by atoms with Crippen LogP contribution in [0.3, 0.4) is 0 Å². The zero-order valence-corrected chi connectivity index (χ0v) is 10.3. The maximum absolute atomic E-state index is 13.1. The summed E-state index contributed by atoms with van der Waals surface area (Å²) in [6.45, 7) is 2.69. The van der Waals surface area contributed by atoms with E-state index in [0.29, 0.717) is 18.2 Å². The molecule has 1 aromatic rings. The van der Waals surface area contributed by atoms with E-state index in [9.17, 15) is 13.2 Å². The van der Waals surface area contributed by atoms with Gasteiger partial charge in [-0.25, -0.2) is 13.2 Å². The van der Waals surface area contributed by atoms with E-state index in [-0.39, 0.29) is 0 Å². The summed E-state index contributed by atoms with van der Waals surface area (Å²) >= 11 is 0. The van der Waals surface area contributed by atoms with E-state index >= 15 is 0 Å². The molecule has 1 fully saturated rings. The minimum Gasteiger partial charge on any atom is -0.310 e. The van der Waals surface area contributed by atoms with Gasteiger partial charge in [-0.2, -0.15) is 0 Å². The predicted molar refractivity (Wildman–Crippen MR) is 65.6 cm³/mol. The molecule has 4 heteroatoms. The van der Waals surface area contributed by atoms with Gasteiger partial charge in [0.05, 0.1) is 0 Å². The number of rotatable bonds is 5. The molecule has 1 aliphatic carbocycles. The summed E-state index contributed by atoms with van der Waals surface area (Å²) < 4.78 is 38.9. The van der Waals surface area contributed by atoms with Crippen molar-refractivity contribution < 1.29 is 13.2 Å². The standard InChI is InChI=1S/C14H16F3N/c1-2-9(8-18-11-3-4-11)5-10-6-12(15)14(17)13(16)7-10/h5-7,11,18H,2-4,8H2,1H3. The van der Waals surface area contributed by atoms with Crippen molar-refractivity contribution in [2.24, 2.45) is 0 Å². The lowest BCUT2D eigenvalue weighted by molar-refractivity contribution is 0.447. The average molecular weight is 255 g/mol. The molecule has 0 aliphatic heterocycles. The van der Waals surface area contributed by atoms with Crippen molar-refractivity contribution in [3.63, 3.8) is 0 Å². The molecule has 1 nitrogen and oxygen atoms in total. The van der Waals surface area contributed by atoms with Crippen LogP contribution in [-0.4, -0.2) is 12.6 Å². The Kier molecular flexibility index (Phi) is 4.07. The molecule has 0 amide bonds. The average Bonchev–Trinajstić information content (AvgIpc) is 3.15. The summed E-state index contributed by atoms with van der Waals surface area (Å²) in [6.07, 6.45) is 4.88. The first-order valence-corrected chi connectivity index (χ1v) is 6.17. The van der Waals surface area contributed by atoms with Crippen LogP contribution in [0, 0.1) is 17.5 Å². The lowest BCUT2D eigenvalue weighted by atomic mass is 10.1. The highest BCUT2D eigenvalue weighted by atomic mass is 19.2. The van der Waals surface area contributed by atoms with Crippen molar-refractivity contribution in [1.82, 2.24) is 5.32 Å². The zero-order valence-electron chi connectivity index (χ0n) is 10.3. The molecule has 0 spiro atoms. The molecular weight excluding hydrogens is 239 g/mol. The molecule has 1 aliphatic rings. The van der Waals surface area contributed by atoms with Gasteiger partial charge < -0.3 is 5.32 Å². The molecule has 2 rings (SSSR count). The highest BCUT2D eigenvalue weighted by Gasteiger charge is 2.20. The zero-order chi connectivity index (χ0) is 13.1. The van der Waals surface area contributed by atoms with Crippen molar-refractivity contribution in [3.8, 4) is 0 Å². The highest BCUT2D eigenvalue weighted by Crippen LogP contribution is 2.20. The van der Waals surface area contributed by atoms with Gasteiger partial charge in [-0.05, 0) is 37.0 Å². The van der Waals surface area contributed by atoms with Gasteiger partial charge in [-0.15, -0.1) is 0 Å². The van der Waals surface area contributed by atoms with Gasteiger partial charge in [0.2, 0.25) is 0 Å². The molecule has 0 saturated heterocycles. The summed E-state index contributed by atoms with van der Waals surface area (Å²) in [7, 11) is 0. The Bertz CT molecular complexity index is 441. The monoisotopic (exact) mass is 255 g/mol. The van der Waals surface area contributed by atoms with E-state index < -0.39 is 17.5 Å². The molecule has 1 N–H and O–H groups in total. The maximum Gasteiger partial charge on any atom is 0.194 e. The van der Waals surface area contributed by atoms with E-state index in [1.807, 2.05) is 6.92 Å². The van der Waals surface area contributed by atoms with Crippen LogP contribution in [0.2, 0.25) is 0 Å². The van der Waals surface area contributed by atoms with E-state index in [0.717, 1.165) is 24.1 Å². The Morgan fingerprint density at radius 3 is 2.39 bits per heavy atom. The molecule has 1 aromatic carbocycles. The molecule has 0 bridgehead atoms. The van der Waals surface area contributed by atoms with E-state index in [1.54, 1.807) is 6.08 Å². The van der Waals surface area contributed by atoms with Gasteiger partial charge in [-0.1, -0.05) is 18.6 Å². The third kappa shape index (κ3) is 3.35. The first kappa shape index (κ1) is 13.1. The molecule has 0 heterocycles. The van der Waals surface area contributed by atoms with Crippen LogP contribution in [0.1, 0.15) is 31.7 Å². The molecule has 0 atom stereocenters. The molecular formula is C14H16F3N. The maximum atomic E-state index is 13.1. The van der Waals surface area contributed by atoms with Gasteiger partial charge in [0.15, 0.2) is 17.5 Å². The lowest BCUT2D eigenvalue weighted by Gasteiger charge is -2.07. The summed E-state index contributed by atoms with van der Waals surface area (Å²) in [4.78, 5) is 0. The topological polar surface area (TPSA) is 12.0 Å². The fourth-order valence-corrected chi connectivity index (χ4v) is 1.74. The van der Waals surface area contributed by atoms with Crippen LogP contribution < -0.4 is 5.32 Å². The second-order valence-electron chi connectivity index (χ2n) is 4.61. The molecule has 1 saturated carbocycles. The van der Waals surface area contributed by atoms with Crippen LogP contribution in [0.25, 0.3) is 6.08 Å². The van der Waals surface area contributed by atoms with Crippen LogP contribution in [-0.2, 0) is 0 Å². The third-order valence-corrected chi connectivity index (χ3v) is 3.03. The number of hydrogen-bond acceptors (Lipinski definition) is 1. The van der Waals surface area contributed by atoms with Gasteiger partial charge >= 0.3 is 0 Å². The minimum atomic E-state index is -1.42. The first-order chi connectivity index (χ1) is 8.60. The van der Waals surface area contributed by atoms with Gasteiger partial charge in [0.1, 0.15) is 0 Å². The predicted octanol–water partition coefficient (Wildman–Crippen LogP) is 3.65. The Morgan fingerprint density at radius 2 is 1.89 bits per heavy atom. The van der Waals surface area contributed by atoms with E-state index in [2.05, 4.69) is 5.32 Å². The second kappa shape index (κ2) is 5.57. The number of benzene rings is 1. The first-order valence-electron chi connectivity index (χ1n) is 6.17. The highest BCUT2D eigenvalue weighted by molar-refractivity contribution is 5.53. The number of nitrogens with one attached hydrogen (secondary N) is 1. The Hall–Kier alpha value is -1.29. The molecule has 0 aromatic heterocycles. The molecule has 18 heavy (non-hydrogen) atoms. The van der Waals surface area contributed by atoms with Gasteiger partial charge in [-0.3, -0.25) is 0 Å². The van der Waals surface area contributed by atoms with E-state index in [1.165, 1.54) is 12.8 Å². The lowest BCUT2D eigenvalue weighted by Crippen LogP contribution is -2.18. The quantitative estimate of drug-likeness (QED) is 0.792. The van der Waals surface area contributed by atoms with Crippen molar-refractivity contribution in [2.75, 3.05) is 6.54 Å². The number of halogens is 3. The fourth-order valence-electron chi connectivity index (χ4n) is 1.74. The van der Waals surface area contributed by atoms with E-state index in [4.69, 9.17) is 0 Å². The van der Waals surface area contributed by atoms with Crippen molar-refractivity contribution in [3.05, 3.63) is 40.7 Å². The second-order valence-corrected chi connectivity index (χ2v) is 4.61. The fraction of sp³-hybridized carbons (Fsp3) is 0.429.